The number of halogens is 1. The molecule has 2 aromatic rings. The molecule has 0 bridgehead atoms. The van der Waals surface area contributed by atoms with Crippen LogP contribution in [0.5, 0.6) is 0 Å². The second-order valence-electron chi connectivity index (χ2n) is 6.68. The fourth-order valence-electron chi connectivity index (χ4n) is 3.42. The number of urea groups is 1. The van der Waals surface area contributed by atoms with E-state index in [1.807, 2.05) is 12.1 Å². The number of hydrogen-bond acceptors (Lipinski definition) is 3. The fraction of sp³-hybridized carbons (Fsp3) is 0.421. The lowest BCUT2D eigenvalue weighted by Crippen LogP contribution is -2.40. The van der Waals surface area contributed by atoms with Gasteiger partial charge in [-0.3, -0.25) is 0 Å². The molecule has 0 saturated heterocycles. The molecule has 1 aliphatic carbocycles. The number of nitrogens with one attached hydrogen (secondary N) is 2. The molecular formula is C19H23ClN2O2S. The molecule has 1 atom stereocenters. The second-order valence-corrected chi connectivity index (χ2v) is 8.24. The van der Waals surface area contributed by atoms with Crippen molar-refractivity contribution < 1.29 is 9.90 Å². The molecule has 1 saturated carbocycles. The van der Waals surface area contributed by atoms with Crippen LogP contribution in [0.2, 0.25) is 5.02 Å². The molecule has 2 amide bonds. The van der Waals surface area contributed by atoms with Crippen molar-refractivity contribution in [1.29, 1.82) is 0 Å². The lowest BCUT2D eigenvalue weighted by atomic mass is 9.84. The zero-order chi connectivity index (χ0) is 17.9. The summed E-state index contributed by atoms with van der Waals surface area (Å²) in [6.45, 7) is 2.38. The van der Waals surface area contributed by atoms with Gasteiger partial charge in [0.1, 0.15) is 0 Å². The van der Waals surface area contributed by atoms with Crippen LogP contribution in [0.4, 0.5) is 10.5 Å². The Balaban J connectivity index is 1.66. The summed E-state index contributed by atoms with van der Waals surface area (Å²) in [5.74, 6) is 0. The van der Waals surface area contributed by atoms with Gasteiger partial charge >= 0.3 is 6.03 Å². The number of carbonyl (C=O) groups is 1. The number of rotatable bonds is 5. The molecule has 0 aliphatic heterocycles. The van der Waals surface area contributed by atoms with Crippen molar-refractivity contribution in [2.24, 2.45) is 0 Å². The van der Waals surface area contributed by atoms with Crippen molar-refractivity contribution in [2.75, 3.05) is 11.9 Å². The van der Waals surface area contributed by atoms with Crippen LogP contribution >= 0.6 is 22.9 Å². The first-order valence-corrected chi connectivity index (χ1v) is 9.77. The van der Waals surface area contributed by atoms with Crippen LogP contribution < -0.4 is 10.6 Å². The number of carbonyl (C=O) groups excluding carboxylic acids is 1. The highest BCUT2D eigenvalue weighted by molar-refractivity contribution is 7.12. The number of anilines is 1. The molecule has 25 heavy (non-hydrogen) atoms. The summed E-state index contributed by atoms with van der Waals surface area (Å²) in [7, 11) is 0. The molecule has 3 rings (SSSR count). The Bertz CT molecular complexity index is 739. The van der Waals surface area contributed by atoms with Gasteiger partial charge in [0.05, 0.1) is 6.10 Å². The first-order chi connectivity index (χ1) is 12.0. The second kappa shape index (κ2) is 7.77. The third-order valence-electron chi connectivity index (χ3n) is 4.79. The Labute approximate surface area is 157 Å². The van der Waals surface area contributed by atoms with Crippen molar-refractivity contribution in [3.63, 3.8) is 0 Å². The molecular weight excluding hydrogens is 356 g/mol. The Morgan fingerprint density at radius 1 is 1.32 bits per heavy atom. The lowest BCUT2D eigenvalue weighted by Gasteiger charge is -2.28. The predicted molar refractivity (Wildman–Crippen MR) is 104 cm³/mol. The number of amides is 2. The van der Waals surface area contributed by atoms with Gasteiger partial charge in [0, 0.05) is 32.4 Å². The van der Waals surface area contributed by atoms with Crippen molar-refractivity contribution in [2.45, 2.75) is 44.1 Å². The summed E-state index contributed by atoms with van der Waals surface area (Å²) >= 11 is 7.60. The molecule has 1 aliphatic rings. The van der Waals surface area contributed by atoms with Gasteiger partial charge in [0.15, 0.2) is 0 Å². The van der Waals surface area contributed by atoms with E-state index in [1.54, 1.807) is 36.5 Å². The highest BCUT2D eigenvalue weighted by Crippen LogP contribution is 2.44. The third-order valence-corrected chi connectivity index (χ3v) is 6.53. The minimum Gasteiger partial charge on any atom is -0.388 e. The number of thiophene rings is 1. The summed E-state index contributed by atoms with van der Waals surface area (Å²) in [6.07, 6.45) is 4.00. The maximum absolute atomic E-state index is 12.3. The van der Waals surface area contributed by atoms with Gasteiger partial charge in [-0.05, 0) is 50.1 Å². The monoisotopic (exact) mass is 378 g/mol. The van der Waals surface area contributed by atoms with E-state index in [0.717, 1.165) is 17.7 Å². The Hall–Kier alpha value is -1.56. The summed E-state index contributed by atoms with van der Waals surface area (Å²) in [6, 6.07) is 11.0. The lowest BCUT2D eigenvalue weighted by molar-refractivity contribution is 0.203. The van der Waals surface area contributed by atoms with Gasteiger partial charge in [0.2, 0.25) is 0 Å². The first kappa shape index (κ1) is 18.2. The van der Waals surface area contributed by atoms with Crippen molar-refractivity contribution >= 4 is 34.7 Å². The topological polar surface area (TPSA) is 61.4 Å². The molecule has 1 aromatic carbocycles. The van der Waals surface area contributed by atoms with E-state index >= 15 is 0 Å². The largest absolute Gasteiger partial charge is 0.388 e. The Kier molecular flexibility index (Phi) is 5.67. The average molecular weight is 379 g/mol. The zero-order valence-electron chi connectivity index (χ0n) is 14.2. The molecule has 0 radical (unpaired) electrons. The van der Waals surface area contributed by atoms with E-state index in [9.17, 15) is 9.90 Å². The number of aliphatic hydroxyl groups is 1. The van der Waals surface area contributed by atoms with E-state index in [2.05, 4.69) is 16.7 Å². The minimum absolute atomic E-state index is 0.0243. The molecule has 6 heteroatoms. The van der Waals surface area contributed by atoms with Gasteiger partial charge in [-0.2, -0.15) is 0 Å². The molecule has 134 valence electrons. The maximum atomic E-state index is 12.3. The standard InChI is InChI=1S/C19H23ClN2O2S/c1-13(23)16-7-8-17(25-16)19(9-2-3-10-19)12-21-18(24)22-15-6-4-5-14(20)11-15/h4-8,11,13,23H,2-3,9-10,12H2,1H3,(H2,21,22,24). The van der Waals surface area contributed by atoms with E-state index < -0.39 is 6.10 Å². The number of aliphatic hydroxyl groups excluding tert-OH is 1. The van der Waals surface area contributed by atoms with Crippen LogP contribution in [-0.4, -0.2) is 17.7 Å². The maximum Gasteiger partial charge on any atom is 0.319 e. The molecule has 1 heterocycles. The van der Waals surface area contributed by atoms with E-state index in [4.69, 9.17) is 11.6 Å². The van der Waals surface area contributed by atoms with Crippen molar-refractivity contribution in [3.05, 3.63) is 51.2 Å². The first-order valence-electron chi connectivity index (χ1n) is 8.57. The fourth-order valence-corrected chi connectivity index (χ4v) is 4.80. The van der Waals surface area contributed by atoms with E-state index in [-0.39, 0.29) is 11.4 Å². The summed E-state index contributed by atoms with van der Waals surface area (Å²) < 4.78 is 0. The van der Waals surface area contributed by atoms with Gasteiger partial charge < -0.3 is 15.7 Å². The van der Waals surface area contributed by atoms with E-state index in [1.165, 1.54) is 17.7 Å². The van der Waals surface area contributed by atoms with Gasteiger partial charge in [-0.15, -0.1) is 11.3 Å². The molecule has 1 aromatic heterocycles. The van der Waals surface area contributed by atoms with E-state index in [0.29, 0.717) is 17.3 Å². The molecule has 4 nitrogen and oxygen atoms in total. The summed E-state index contributed by atoms with van der Waals surface area (Å²) in [5, 5.41) is 16.2. The smallest absolute Gasteiger partial charge is 0.319 e. The third kappa shape index (κ3) is 4.35. The van der Waals surface area contributed by atoms with Crippen LogP contribution in [0, 0.1) is 0 Å². The number of hydrogen-bond donors (Lipinski definition) is 3. The van der Waals surface area contributed by atoms with Gasteiger partial charge in [-0.25, -0.2) is 4.79 Å². The van der Waals surface area contributed by atoms with Crippen LogP contribution in [0.25, 0.3) is 0 Å². The van der Waals surface area contributed by atoms with Gasteiger partial charge in [-0.1, -0.05) is 30.5 Å². The van der Waals surface area contributed by atoms with Crippen molar-refractivity contribution in [3.8, 4) is 0 Å². The molecule has 0 spiro atoms. The Morgan fingerprint density at radius 2 is 2.08 bits per heavy atom. The average Bonchev–Trinajstić information content (AvgIpc) is 3.23. The normalized spacial score (nSPS) is 17.2. The highest BCUT2D eigenvalue weighted by Gasteiger charge is 2.37. The number of benzene rings is 1. The zero-order valence-corrected chi connectivity index (χ0v) is 15.8. The van der Waals surface area contributed by atoms with Crippen LogP contribution in [0.1, 0.15) is 48.5 Å². The minimum atomic E-state index is -0.448. The van der Waals surface area contributed by atoms with Crippen LogP contribution in [-0.2, 0) is 5.41 Å². The quantitative estimate of drug-likeness (QED) is 0.678. The predicted octanol–water partition coefficient (Wildman–Crippen LogP) is 5.09. The van der Waals surface area contributed by atoms with Crippen LogP contribution in [0.3, 0.4) is 0 Å². The summed E-state index contributed by atoms with van der Waals surface area (Å²) in [4.78, 5) is 14.5. The summed E-state index contributed by atoms with van der Waals surface area (Å²) in [5.41, 5.74) is 0.654. The molecule has 3 N–H and O–H groups in total. The molecule has 1 unspecified atom stereocenters. The van der Waals surface area contributed by atoms with Gasteiger partial charge in [0.25, 0.3) is 0 Å². The highest BCUT2D eigenvalue weighted by atomic mass is 35.5. The Morgan fingerprint density at radius 3 is 2.72 bits per heavy atom. The van der Waals surface area contributed by atoms with Crippen LogP contribution in [0.15, 0.2) is 36.4 Å². The molecule has 1 fully saturated rings. The SMILES string of the molecule is CC(O)c1ccc(C2(CNC(=O)Nc3cccc(Cl)c3)CCCC2)s1. The van der Waals surface area contributed by atoms with Crippen molar-refractivity contribution in [1.82, 2.24) is 5.32 Å².